The molecule has 5 heterocycles. The van der Waals surface area contributed by atoms with Gasteiger partial charge in [-0.05, 0) is 49.7 Å². The highest BCUT2D eigenvalue weighted by Gasteiger charge is 2.18. The van der Waals surface area contributed by atoms with E-state index in [1.54, 1.807) is 46.3 Å². The first-order valence-electron chi connectivity index (χ1n) is 13.2. The summed E-state index contributed by atoms with van der Waals surface area (Å²) >= 11 is 1.61. The van der Waals surface area contributed by atoms with Gasteiger partial charge in [0, 0.05) is 36.5 Å². The SMILES string of the molecule is CCN(CC)[C@@H](C)CNC(=O)c1cc(OCc2ccc[n+]([O-])c2)nc(-c2cnn3ccc(-c4cccs4)nc23)c1. The van der Waals surface area contributed by atoms with Crippen molar-refractivity contribution in [1.82, 2.24) is 29.8 Å². The van der Waals surface area contributed by atoms with Gasteiger partial charge in [-0.15, -0.1) is 11.3 Å². The maximum Gasteiger partial charge on any atom is 0.251 e. The number of nitrogens with one attached hydrogen (secondary N) is 1. The Morgan fingerprint density at radius 1 is 1.18 bits per heavy atom. The van der Waals surface area contributed by atoms with Crippen LogP contribution in [0, 0.1) is 5.21 Å². The molecule has 10 nitrogen and oxygen atoms in total. The number of thiophene rings is 1. The highest BCUT2D eigenvalue weighted by atomic mass is 32.1. The van der Waals surface area contributed by atoms with Gasteiger partial charge in [-0.1, -0.05) is 19.9 Å². The monoisotopic (exact) mass is 557 g/mol. The summed E-state index contributed by atoms with van der Waals surface area (Å²) in [5.74, 6) is 0.0304. The number of nitrogens with zero attached hydrogens (tertiary/aromatic N) is 6. The van der Waals surface area contributed by atoms with E-state index in [1.165, 1.54) is 12.4 Å². The summed E-state index contributed by atoms with van der Waals surface area (Å²) in [6.45, 7) is 8.74. The minimum atomic E-state index is -0.228. The van der Waals surface area contributed by atoms with Crippen LogP contribution in [0.15, 0.2) is 72.6 Å². The highest BCUT2D eigenvalue weighted by Crippen LogP contribution is 2.29. The number of amides is 1. The fourth-order valence-electron chi connectivity index (χ4n) is 4.52. The summed E-state index contributed by atoms with van der Waals surface area (Å²) in [4.78, 5) is 26.2. The topological polar surface area (TPSA) is 112 Å². The number of carbonyl (C=O) groups excluding carboxylic acids is 1. The first-order valence-corrected chi connectivity index (χ1v) is 14.1. The van der Waals surface area contributed by atoms with E-state index < -0.39 is 0 Å². The summed E-state index contributed by atoms with van der Waals surface area (Å²) < 4.78 is 8.37. The first kappa shape index (κ1) is 27.2. The minimum Gasteiger partial charge on any atom is -0.619 e. The van der Waals surface area contributed by atoms with Crippen molar-refractivity contribution in [2.45, 2.75) is 33.4 Å². The Morgan fingerprint density at radius 2 is 2.02 bits per heavy atom. The number of ether oxygens (including phenoxy) is 1. The van der Waals surface area contributed by atoms with E-state index in [0.29, 0.717) is 39.3 Å². The zero-order valence-corrected chi connectivity index (χ0v) is 23.5. The Labute approximate surface area is 236 Å². The lowest BCUT2D eigenvalue weighted by Gasteiger charge is -2.26. The Hall–Kier alpha value is -4.35. The van der Waals surface area contributed by atoms with Gasteiger partial charge in [0.2, 0.25) is 5.88 Å². The van der Waals surface area contributed by atoms with Gasteiger partial charge >= 0.3 is 0 Å². The van der Waals surface area contributed by atoms with Crippen molar-refractivity contribution < 1.29 is 14.3 Å². The standard InChI is InChI=1S/C29H31N7O3S/c1-4-34(5-2)20(3)16-30-29(37)22-14-25(32-27(15-22)39-19-21-8-6-11-35(38)18-21)23-17-31-36-12-10-24(33-28(23)36)26-9-7-13-40-26/h6-15,17-18,20H,4-5,16,19H2,1-3H3,(H,30,37)/t20-/m0/s1. The summed E-state index contributed by atoms with van der Waals surface area (Å²) in [6, 6.07) is 12.9. The van der Waals surface area contributed by atoms with E-state index in [-0.39, 0.29) is 24.4 Å². The second-order valence-corrected chi connectivity index (χ2v) is 10.3. The third-order valence-corrected chi connectivity index (χ3v) is 7.59. The first-order chi connectivity index (χ1) is 19.4. The zero-order valence-electron chi connectivity index (χ0n) is 22.7. The Bertz CT molecular complexity index is 1600. The number of hydrogen-bond acceptors (Lipinski definition) is 8. The van der Waals surface area contributed by atoms with Gasteiger partial charge in [0.05, 0.1) is 33.6 Å². The quantitative estimate of drug-likeness (QED) is 0.191. The van der Waals surface area contributed by atoms with E-state index in [0.717, 1.165) is 23.7 Å². The molecule has 1 atom stereocenters. The average Bonchev–Trinajstić information content (AvgIpc) is 3.66. The highest BCUT2D eigenvalue weighted by molar-refractivity contribution is 7.13. The van der Waals surface area contributed by atoms with E-state index in [9.17, 15) is 10.0 Å². The maximum absolute atomic E-state index is 13.3. The van der Waals surface area contributed by atoms with Crippen molar-refractivity contribution >= 4 is 22.9 Å². The summed E-state index contributed by atoms with van der Waals surface area (Å²) in [5, 5.41) is 21.2. The van der Waals surface area contributed by atoms with Crippen LogP contribution >= 0.6 is 11.3 Å². The second-order valence-electron chi connectivity index (χ2n) is 9.34. The molecule has 5 rings (SSSR count). The fourth-order valence-corrected chi connectivity index (χ4v) is 5.22. The van der Waals surface area contributed by atoms with Gasteiger partial charge in [-0.3, -0.25) is 9.69 Å². The number of hydrogen-bond donors (Lipinski definition) is 1. The van der Waals surface area contributed by atoms with Gasteiger partial charge < -0.3 is 15.3 Å². The molecule has 0 fully saturated rings. The largest absolute Gasteiger partial charge is 0.619 e. The van der Waals surface area contributed by atoms with Gasteiger partial charge in [0.1, 0.15) is 6.61 Å². The molecule has 5 aromatic rings. The normalized spacial score (nSPS) is 12.1. The Kier molecular flexibility index (Phi) is 8.32. The predicted octanol–water partition coefficient (Wildman–Crippen LogP) is 4.19. The lowest BCUT2D eigenvalue weighted by Crippen LogP contribution is -2.42. The van der Waals surface area contributed by atoms with Gasteiger partial charge in [0.15, 0.2) is 18.0 Å². The molecular weight excluding hydrogens is 526 g/mol. The van der Waals surface area contributed by atoms with Crippen LogP contribution in [-0.2, 0) is 6.61 Å². The number of pyridine rings is 2. The number of fused-ring (bicyclic) bond motifs is 1. The van der Waals surface area contributed by atoms with Gasteiger partial charge in [-0.2, -0.15) is 9.83 Å². The fraction of sp³-hybridized carbons (Fsp3) is 0.276. The molecule has 0 aromatic carbocycles. The molecule has 1 amide bonds. The molecule has 0 radical (unpaired) electrons. The number of rotatable bonds is 11. The molecule has 0 aliphatic rings. The number of likely N-dealkylation sites (N-methyl/N-ethyl adjacent to an activating group) is 1. The van der Waals surface area contributed by atoms with Crippen LogP contribution in [0.2, 0.25) is 0 Å². The van der Waals surface area contributed by atoms with Crippen LogP contribution in [0.4, 0.5) is 0 Å². The van der Waals surface area contributed by atoms with E-state index >= 15 is 0 Å². The van der Waals surface area contributed by atoms with Crippen molar-refractivity contribution in [3.05, 3.63) is 89.0 Å². The van der Waals surface area contributed by atoms with Crippen molar-refractivity contribution in [2.75, 3.05) is 19.6 Å². The third kappa shape index (κ3) is 6.11. The third-order valence-electron chi connectivity index (χ3n) is 6.70. The van der Waals surface area contributed by atoms with Gasteiger partial charge in [0.25, 0.3) is 5.91 Å². The number of aromatic nitrogens is 5. The van der Waals surface area contributed by atoms with Crippen LogP contribution in [0.1, 0.15) is 36.7 Å². The predicted molar refractivity (Wildman–Crippen MR) is 154 cm³/mol. The van der Waals surface area contributed by atoms with Crippen LogP contribution in [0.25, 0.3) is 27.5 Å². The molecule has 206 valence electrons. The van der Waals surface area contributed by atoms with Crippen molar-refractivity contribution in [2.24, 2.45) is 0 Å². The van der Waals surface area contributed by atoms with Crippen LogP contribution in [0.5, 0.6) is 5.88 Å². The van der Waals surface area contributed by atoms with Crippen molar-refractivity contribution in [1.29, 1.82) is 0 Å². The molecule has 0 saturated heterocycles. The zero-order chi connectivity index (χ0) is 28.1. The molecule has 0 unspecified atom stereocenters. The molecule has 0 saturated carbocycles. The minimum absolute atomic E-state index is 0.120. The Balaban J connectivity index is 1.48. The van der Waals surface area contributed by atoms with Crippen molar-refractivity contribution in [3.63, 3.8) is 0 Å². The van der Waals surface area contributed by atoms with Crippen LogP contribution < -0.4 is 14.8 Å². The molecule has 5 aromatic heterocycles. The summed E-state index contributed by atoms with van der Waals surface area (Å²) in [7, 11) is 0. The van der Waals surface area contributed by atoms with Crippen molar-refractivity contribution in [3.8, 4) is 27.7 Å². The second kappa shape index (κ2) is 12.2. The van der Waals surface area contributed by atoms with E-state index in [4.69, 9.17) is 14.7 Å². The molecule has 0 spiro atoms. The van der Waals surface area contributed by atoms with Crippen LogP contribution in [0.3, 0.4) is 0 Å². The molecule has 1 N–H and O–H groups in total. The smallest absolute Gasteiger partial charge is 0.251 e. The Morgan fingerprint density at radius 3 is 2.77 bits per heavy atom. The average molecular weight is 558 g/mol. The van der Waals surface area contributed by atoms with Crippen LogP contribution in [-0.4, -0.2) is 56.1 Å². The molecule has 0 aliphatic carbocycles. The maximum atomic E-state index is 13.3. The lowest BCUT2D eigenvalue weighted by molar-refractivity contribution is -0.606. The van der Waals surface area contributed by atoms with E-state index in [2.05, 4.69) is 36.1 Å². The lowest BCUT2D eigenvalue weighted by atomic mass is 10.1. The molecule has 0 aliphatic heterocycles. The summed E-state index contributed by atoms with van der Waals surface area (Å²) in [6.07, 6.45) is 6.39. The molecule has 0 bridgehead atoms. The molecule has 40 heavy (non-hydrogen) atoms. The molecular formula is C29H31N7O3S. The molecule has 11 heteroatoms. The number of carbonyl (C=O) groups is 1. The van der Waals surface area contributed by atoms with E-state index in [1.807, 2.05) is 29.8 Å². The summed E-state index contributed by atoms with van der Waals surface area (Å²) in [5.41, 5.74) is 3.72. The van der Waals surface area contributed by atoms with Gasteiger partial charge in [-0.25, -0.2) is 14.5 Å².